The van der Waals surface area contributed by atoms with Gasteiger partial charge < -0.3 is 14.6 Å². The van der Waals surface area contributed by atoms with E-state index < -0.39 is 0 Å². The lowest BCUT2D eigenvalue weighted by Crippen LogP contribution is -2.34. The molecule has 1 aliphatic carbocycles. The van der Waals surface area contributed by atoms with Crippen molar-refractivity contribution in [2.45, 2.75) is 12.5 Å². The fourth-order valence-electron chi connectivity index (χ4n) is 2.30. The molecule has 0 spiro atoms. The van der Waals surface area contributed by atoms with Gasteiger partial charge in [-0.2, -0.15) is 0 Å². The smallest absolute Gasteiger partial charge is 0.306 e. The highest BCUT2D eigenvalue weighted by atomic mass is 16.5. The number of aliphatic hydroxyl groups is 1. The summed E-state index contributed by atoms with van der Waals surface area (Å²) >= 11 is 0. The van der Waals surface area contributed by atoms with Gasteiger partial charge in [-0.15, -0.1) is 0 Å². The highest BCUT2D eigenvalue weighted by molar-refractivity contribution is 5.71. The van der Waals surface area contributed by atoms with Crippen LogP contribution >= 0.6 is 0 Å². The summed E-state index contributed by atoms with van der Waals surface area (Å²) in [4.78, 5) is 11.1. The van der Waals surface area contributed by atoms with E-state index in [0.29, 0.717) is 13.0 Å². The van der Waals surface area contributed by atoms with E-state index >= 15 is 0 Å². The van der Waals surface area contributed by atoms with Gasteiger partial charge in [0.15, 0.2) is 0 Å². The number of hydrogen-bond donors (Lipinski definition) is 1. The van der Waals surface area contributed by atoms with E-state index in [9.17, 15) is 4.79 Å². The number of ether oxygens (including phenoxy) is 2. The number of rotatable bonds is 2. The molecule has 1 aliphatic heterocycles. The maximum Gasteiger partial charge on any atom is 0.306 e. The monoisotopic (exact) mass is 198 g/mol. The molecule has 78 valence electrons. The van der Waals surface area contributed by atoms with Crippen LogP contribution in [0.5, 0.6) is 0 Å². The number of hydrogen-bond acceptors (Lipinski definition) is 4. The summed E-state index contributed by atoms with van der Waals surface area (Å²) < 4.78 is 10.2. The molecule has 1 N–H and O–H groups in total. The maximum atomic E-state index is 11.1. The summed E-state index contributed by atoms with van der Waals surface area (Å²) in [5, 5.41) is 9.12. The molecule has 2 aliphatic rings. The first-order valence-electron chi connectivity index (χ1n) is 4.76. The van der Waals surface area contributed by atoms with Crippen molar-refractivity contribution in [3.63, 3.8) is 0 Å². The molecule has 3 atom stereocenters. The first kappa shape index (κ1) is 9.68. The fraction of sp³-hybridized carbons (Fsp3) is 0.700. The summed E-state index contributed by atoms with van der Waals surface area (Å²) in [5.41, 5.74) is 0.939. The van der Waals surface area contributed by atoms with Gasteiger partial charge in [0.25, 0.3) is 0 Å². The van der Waals surface area contributed by atoms with Crippen molar-refractivity contribution in [1.29, 1.82) is 0 Å². The zero-order valence-corrected chi connectivity index (χ0v) is 8.10. The minimum Gasteiger partial charge on any atom is -0.465 e. The van der Waals surface area contributed by atoms with Crippen LogP contribution in [0.4, 0.5) is 0 Å². The van der Waals surface area contributed by atoms with E-state index in [-0.39, 0.29) is 30.5 Å². The van der Waals surface area contributed by atoms with Crippen LogP contribution in [0.2, 0.25) is 0 Å². The zero-order valence-electron chi connectivity index (χ0n) is 8.10. The van der Waals surface area contributed by atoms with Crippen LogP contribution in [-0.2, 0) is 14.3 Å². The molecular formula is C10H14O4. The number of esters is 1. The quantitative estimate of drug-likeness (QED) is 0.505. The van der Waals surface area contributed by atoms with Crippen molar-refractivity contribution in [3.8, 4) is 0 Å². The Bertz CT molecular complexity index is 271. The molecule has 14 heavy (non-hydrogen) atoms. The molecule has 1 saturated heterocycles. The third-order valence-corrected chi connectivity index (χ3v) is 3.07. The number of methoxy groups -OCH3 is 1. The number of carbonyl (C=O) groups is 1. The van der Waals surface area contributed by atoms with Crippen LogP contribution in [-0.4, -0.2) is 37.5 Å². The molecule has 0 aromatic heterocycles. The van der Waals surface area contributed by atoms with Crippen LogP contribution in [0.25, 0.3) is 0 Å². The molecule has 0 bridgehead atoms. The van der Waals surface area contributed by atoms with Gasteiger partial charge >= 0.3 is 5.97 Å². The zero-order chi connectivity index (χ0) is 10.1. The second-order valence-electron chi connectivity index (χ2n) is 3.76. The fourth-order valence-corrected chi connectivity index (χ4v) is 2.30. The average molecular weight is 198 g/mol. The van der Waals surface area contributed by atoms with Crippen LogP contribution < -0.4 is 0 Å². The van der Waals surface area contributed by atoms with Crippen molar-refractivity contribution in [2.75, 3.05) is 20.3 Å². The molecule has 0 radical (unpaired) electrons. The minimum absolute atomic E-state index is 0.0264. The minimum atomic E-state index is -0.166. The molecule has 4 heteroatoms. The Labute approximate surface area is 82.5 Å². The van der Waals surface area contributed by atoms with E-state index in [1.165, 1.54) is 0 Å². The van der Waals surface area contributed by atoms with Gasteiger partial charge in [0.1, 0.15) is 0 Å². The first-order chi connectivity index (χ1) is 6.76. The van der Waals surface area contributed by atoms with Gasteiger partial charge in [-0.1, -0.05) is 6.08 Å². The Morgan fingerprint density at radius 3 is 3.14 bits per heavy atom. The van der Waals surface area contributed by atoms with Crippen molar-refractivity contribution in [1.82, 2.24) is 0 Å². The number of carbonyl (C=O) groups excluding carboxylic acids is 1. The third-order valence-electron chi connectivity index (χ3n) is 3.07. The van der Waals surface area contributed by atoms with Gasteiger partial charge in [0.05, 0.1) is 25.7 Å². The molecule has 2 rings (SSSR count). The second-order valence-corrected chi connectivity index (χ2v) is 3.76. The van der Waals surface area contributed by atoms with E-state index in [4.69, 9.17) is 14.6 Å². The summed E-state index contributed by atoms with van der Waals surface area (Å²) in [7, 11) is 1.62. The Morgan fingerprint density at radius 2 is 2.50 bits per heavy atom. The molecule has 0 unspecified atom stereocenters. The van der Waals surface area contributed by atoms with E-state index in [2.05, 4.69) is 0 Å². The highest BCUT2D eigenvalue weighted by Gasteiger charge is 2.42. The molecule has 1 heterocycles. The van der Waals surface area contributed by atoms with Crippen LogP contribution in [0, 0.1) is 11.8 Å². The molecule has 1 fully saturated rings. The average Bonchev–Trinajstić information content (AvgIpc) is 2.55. The topological polar surface area (TPSA) is 55.8 Å². The summed E-state index contributed by atoms with van der Waals surface area (Å²) in [6, 6.07) is 0. The number of aliphatic hydroxyl groups excluding tert-OH is 1. The molecule has 0 amide bonds. The van der Waals surface area contributed by atoms with Gasteiger partial charge in [-0.25, -0.2) is 0 Å². The highest BCUT2D eigenvalue weighted by Crippen LogP contribution is 2.38. The lowest BCUT2D eigenvalue weighted by molar-refractivity contribution is -0.153. The SMILES string of the molecule is CO[C@@H]1C=C(CO)[C@@H]2COC(=O)C[C@@H]12. The standard InChI is InChI=1S/C10H14O4/c1-13-9-2-6(4-11)8-5-14-10(12)3-7(8)9/h2,7-9,11H,3-5H2,1H3/t7-,8+,9-/m1/s1. The molecule has 0 aromatic carbocycles. The Hall–Kier alpha value is -0.870. The molecule has 0 aromatic rings. The largest absolute Gasteiger partial charge is 0.465 e. The summed E-state index contributed by atoms with van der Waals surface area (Å²) in [6.45, 7) is 0.411. The number of cyclic esters (lactones) is 1. The van der Waals surface area contributed by atoms with Gasteiger partial charge in [0.2, 0.25) is 0 Å². The Morgan fingerprint density at radius 1 is 1.71 bits per heavy atom. The lowest BCUT2D eigenvalue weighted by Gasteiger charge is -2.29. The normalized spacial score (nSPS) is 36.3. The van der Waals surface area contributed by atoms with E-state index in [0.717, 1.165) is 5.57 Å². The van der Waals surface area contributed by atoms with Gasteiger partial charge in [-0.05, 0) is 5.57 Å². The third kappa shape index (κ3) is 1.44. The Kier molecular flexibility index (Phi) is 2.56. The van der Waals surface area contributed by atoms with E-state index in [1.807, 2.05) is 6.08 Å². The van der Waals surface area contributed by atoms with Crippen molar-refractivity contribution >= 4 is 5.97 Å². The van der Waals surface area contributed by atoms with Crippen LogP contribution in [0.15, 0.2) is 11.6 Å². The molecular weight excluding hydrogens is 184 g/mol. The second kappa shape index (κ2) is 3.71. The predicted molar refractivity (Wildman–Crippen MR) is 48.5 cm³/mol. The van der Waals surface area contributed by atoms with Crippen LogP contribution in [0.3, 0.4) is 0 Å². The summed E-state index contributed by atoms with van der Waals surface area (Å²) in [6.07, 6.45) is 2.26. The molecule has 4 nitrogen and oxygen atoms in total. The van der Waals surface area contributed by atoms with Gasteiger partial charge in [0, 0.05) is 18.9 Å². The maximum absolute atomic E-state index is 11.1. The lowest BCUT2D eigenvalue weighted by atomic mass is 9.86. The summed E-state index contributed by atoms with van der Waals surface area (Å²) in [5.74, 6) is 0.145. The first-order valence-corrected chi connectivity index (χ1v) is 4.76. The number of fused-ring (bicyclic) bond motifs is 1. The predicted octanol–water partition coefficient (Wildman–Crippen LogP) is 0.113. The van der Waals surface area contributed by atoms with Crippen molar-refractivity contribution in [3.05, 3.63) is 11.6 Å². The van der Waals surface area contributed by atoms with E-state index in [1.54, 1.807) is 7.11 Å². The van der Waals surface area contributed by atoms with Gasteiger partial charge in [-0.3, -0.25) is 4.79 Å². The molecule has 0 saturated carbocycles. The van der Waals surface area contributed by atoms with Crippen molar-refractivity contribution in [2.24, 2.45) is 11.8 Å². The van der Waals surface area contributed by atoms with Crippen LogP contribution in [0.1, 0.15) is 6.42 Å². The Balaban J connectivity index is 2.16. The van der Waals surface area contributed by atoms with Crippen molar-refractivity contribution < 1.29 is 19.4 Å².